The predicted molar refractivity (Wildman–Crippen MR) is 110 cm³/mol. The quantitative estimate of drug-likeness (QED) is 0.540. The van der Waals surface area contributed by atoms with E-state index in [0.717, 1.165) is 4.68 Å². The summed E-state index contributed by atoms with van der Waals surface area (Å²) in [7, 11) is 0. The summed E-state index contributed by atoms with van der Waals surface area (Å²) in [4.78, 5) is 16.9. The van der Waals surface area contributed by atoms with Gasteiger partial charge >= 0.3 is 6.09 Å². The molecule has 0 unspecified atom stereocenters. The molecule has 2 heterocycles. The molecule has 0 aliphatic heterocycles. The molecule has 7 heteroatoms. The molecular formula is C22H25FN4O2. The molecule has 0 aliphatic rings. The molecule has 0 saturated heterocycles. The number of fused-ring (bicyclic) bond motifs is 1. The van der Waals surface area contributed by atoms with Crippen LogP contribution < -0.4 is 0 Å². The zero-order valence-corrected chi connectivity index (χ0v) is 17.8. The van der Waals surface area contributed by atoms with Crippen LogP contribution in [0, 0.1) is 31.0 Å². The van der Waals surface area contributed by atoms with Crippen LogP contribution in [-0.4, -0.2) is 26.5 Å². The van der Waals surface area contributed by atoms with Crippen molar-refractivity contribution >= 4 is 17.1 Å². The van der Waals surface area contributed by atoms with Gasteiger partial charge in [-0.15, -0.1) is 0 Å². The molecule has 0 bridgehead atoms. The molecule has 1 aromatic carbocycles. The number of pyridine rings is 1. The number of aromatic nitrogens is 3. The summed E-state index contributed by atoms with van der Waals surface area (Å²) in [5.74, 6) is -0.462. The predicted octanol–water partition coefficient (Wildman–Crippen LogP) is 5.54. The van der Waals surface area contributed by atoms with E-state index in [1.807, 2.05) is 19.9 Å². The summed E-state index contributed by atoms with van der Waals surface area (Å²) in [6.45, 7) is 12.7. The molecule has 0 atom stereocenters. The molecule has 3 rings (SSSR count). The minimum absolute atomic E-state index is 0.153. The van der Waals surface area contributed by atoms with Crippen molar-refractivity contribution in [2.45, 2.75) is 54.1 Å². The normalized spacial score (nSPS) is 10.9. The second-order valence-corrected chi connectivity index (χ2v) is 7.27. The maximum absolute atomic E-state index is 14.4. The number of nitrogens with zero attached hydrogens (tertiary/aromatic N) is 4. The molecule has 0 spiro atoms. The molecule has 0 N–H and O–H groups in total. The Labute approximate surface area is 169 Å². The summed E-state index contributed by atoms with van der Waals surface area (Å²) < 4.78 is 20.9. The number of hydrogen-bond donors (Lipinski definition) is 0. The molecule has 0 aliphatic carbocycles. The average molecular weight is 396 g/mol. The number of carbonyl (C=O) groups excluding carboxylic acids is 1. The lowest BCUT2D eigenvalue weighted by Gasteiger charge is -2.19. The smallest absolute Gasteiger partial charge is 0.435 e. The van der Waals surface area contributed by atoms with Gasteiger partial charge in [0.2, 0.25) is 0 Å². The van der Waals surface area contributed by atoms with E-state index in [0.29, 0.717) is 22.3 Å². The molecular weight excluding hydrogens is 371 g/mol. The van der Waals surface area contributed by atoms with Gasteiger partial charge in [-0.05, 0) is 52.3 Å². The first kappa shape index (κ1) is 22.0. The van der Waals surface area contributed by atoms with Crippen molar-refractivity contribution in [2.24, 2.45) is 0 Å². The van der Waals surface area contributed by atoms with Gasteiger partial charge in [-0.1, -0.05) is 26.0 Å². The van der Waals surface area contributed by atoms with Crippen molar-refractivity contribution in [1.29, 1.82) is 5.26 Å². The summed E-state index contributed by atoms with van der Waals surface area (Å²) >= 11 is 0. The van der Waals surface area contributed by atoms with E-state index >= 15 is 0 Å². The number of carbonyl (C=O) groups is 1. The van der Waals surface area contributed by atoms with Crippen molar-refractivity contribution in [1.82, 2.24) is 14.8 Å². The highest BCUT2D eigenvalue weighted by atomic mass is 19.1. The second-order valence-electron chi connectivity index (χ2n) is 7.27. The van der Waals surface area contributed by atoms with E-state index in [1.165, 1.54) is 12.1 Å². The Kier molecular flexibility index (Phi) is 6.38. The fraction of sp³-hybridized carbons (Fsp3) is 0.364. The molecule has 0 saturated carbocycles. The Bertz CT molecular complexity index is 1080. The first-order valence-corrected chi connectivity index (χ1v) is 9.41. The van der Waals surface area contributed by atoms with E-state index < -0.39 is 17.5 Å². The van der Waals surface area contributed by atoms with Gasteiger partial charge in [-0.2, -0.15) is 15.0 Å². The van der Waals surface area contributed by atoms with Crippen LogP contribution in [0.3, 0.4) is 0 Å². The Balaban J connectivity index is 0.00000145. The zero-order valence-electron chi connectivity index (χ0n) is 17.8. The van der Waals surface area contributed by atoms with Gasteiger partial charge < -0.3 is 4.74 Å². The first-order valence-electron chi connectivity index (χ1n) is 9.41. The number of hydrogen-bond acceptors (Lipinski definition) is 5. The largest absolute Gasteiger partial charge is 0.442 e. The minimum atomic E-state index is -0.695. The van der Waals surface area contributed by atoms with E-state index in [9.17, 15) is 14.4 Å². The van der Waals surface area contributed by atoms with Crippen molar-refractivity contribution in [3.8, 4) is 17.3 Å². The number of ether oxygens (including phenoxy) is 1. The molecule has 29 heavy (non-hydrogen) atoms. The molecule has 3 aromatic rings. The van der Waals surface area contributed by atoms with Crippen LogP contribution in [0.15, 0.2) is 24.3 Å². The first-order chi connectivity index (χ1) is 13.6. The van der Waals surface area contributed by atoms with Crippen LogP contribution in [0.5, 0.6) is 0 Å². The van der Waals surface area contributed by atoms with E-state index in [4.69, 9.17) is 4.74 Å². The Hall–Kier alpha value is -3.27. The maximum atomic E-state index is 14.4. The van der Waals surface area contributed by atoms with Crippen LogP contribution in [0.4, 0.5) is 9.18 Å². The minimum Gasteiger partial charge on any atom is -0.442 e. The summed E-state index contributed by atoms with van der Waals surface area (Å²) in [5.41, 5.74) is 1.85. The highest BCUT2D eigenvalue weighted by Gasteiger charge is 2.24. The van der Waals surface area contributed by atoms with Crippen LogP contribution in [0.1, 0.15) is 51.4 Å². The molecule has 152 valence electrons. The van der Waals surface area contributed by atoms with Gasteiger partial charge in [0.1, 0.15) is 28.5 Å². The highest BCUT2D eigenvalue weighted by Crippen LogP contribution is 2.31. The van der Waals surface area contributed by atoms with Gasteiger partial charge in [0.15, 0.2) is 0 Å². The van der Waals surface area contributed by atoms with Crippen LogP contribution in [0.2, 0.25) is 0 Å². The van der Waals surface area contributed by atoms with Crippen molar-refractivity contribution in [3.63, 3.8) is 0 Å². The average Bonchev–Trinajstić information content (AvgIpc) is 2.97. The number of halogens is 1. The SMILES string of the molecule is CC.Cc1cccc(F)c1-c1nc2c(C)nn(C(=O)OC(C)(C)C)c2cc1C#N. The van der Waals surface area contributed by atoms with E-state index in [2.05, 4.69) is 10.1 Å². The van der Waals surface area contributed by atoms with Crippen LogP contribution in [0.25, 0.3) is 22.3 Å². The number of aryl methyl sites for hydroxylation is 2. The molecule has 0 amide bonds. The van der Waals surface area contributed by atoms with Crippen LogP contribution in [-0.2, 0) is 4.74 Å². The zero-order chi connectivity index (χ0) is 21.9. The lowest BCUT2D eigenvalue weighted by Crippen LogP contribution is -2.27. The van der Waals surface area contributed by atoms with Gasteiger partial charge in [-0.3, -0.25) is 0 Å². The van der Waals surface area contributed by atoms with E-state index in [-0.39, 0.29) is 16.8 Å². The van der Waals surface area contributed by atoms with Crippen molar-refractivity contribution in [3.05, 3.63) is 46.9 Å². The topological polar surface area (TPSA) is 80.8 Å². The highest BCUT2D eigenvalue weighted by molar-refractivity contribution is 5.90. The van der Waals surface area contributed by atoms with Crippen LogP contribution >= 0.6 is 0 Å². The standard InChI is InChI=1S/C20H19FN4O2.C2H6/c1-11-7-6-8-14(21)16(11)18-13(10-22)9-15-17(23-18)12(2)24-25(15)19(26)27-20(3,4)5;1-2/h6-9H,1-5H3;1-2H3. The third kappa shape index (κ3) is 4.43. The summed E-state index contributed by atoms with van der Waals surface area (Å²) in [5, 5.41) is 13.8. The lowest BCUT2D eigenvalue weighted by atomic mass is 10.0. The third-order valence-electron chi connectivity index (χ3n) is 3.97. The van der Waals surface area contributed by atoms with E-state index in [1.54, 1.807) is 46.8 Å². The lowest BCUT2D eigenvalue weighted by molar-refractivity contribution is 0.0522. The van der Waals surface area contributed by atoms with Crippen molar-refractivity contribution < 1.29 is 13.9 Å². The Morgan fingerprint density at radius 3 is 2.45 bits per heavy atom. The maximum Gasteiger partial charge on any atom is 0.435 e. The second kappa shape index (κ2) is 8.39. The van der Waals surface area contributed by atoms with Gasteiger partial charge in [0, 0.05) is 5.56 Å². The number of rotatable bonds is 1. The van der Waals surface area contributed by atoms with Gasteiger partial charge in [0.05, 0.1) is 17.0 Å². The van der Waals surface area contributed by atoms with Crippen molar-refractivity contribution in [2.75, 3.05) is 0 Å². The summed E-state index contributed by atoms with van der Waals surface area (Å²) in [6, 6.07) is 8.22. The molecule has 2 aromatic heterocycles. The molecule has 0 fully saturated rings. The molecule has 0 radical (unpaired) electrons. The number of benzene rings is 1. The fourth-order valence-electron chi connectivity index (χ4n) is 2.83. The summed E-state index contributed by atoms with van der Waals surface area (Å²) in [6.07, 6.45) is -0.666. The molecule has 6 nitrogen and oxygen atoms in total. The monoisotopic (exact) mass is 396 g/mol. The van der Waals surface area contributed by atoms with Gasteiger partial charge in [-0.25, -0.2) is 14.2 Å². The Morgan fingerprint density at radius 2 is 1.90 bits per heavy atom. The van der Waals surface area contributed by atoms with Gasteiger partial charge in [0.25, 0.3) is 0 Å². The Morgan fingerprint density at radius 1 is 1.24 bits per heavy atom. The third-order valence-corrected chi connectivity index (χ3v) is 3.97. The fourth-order valence-corrected chi connectivity index (χ4v) is 2.83. The number of nitriles is 1.